The molecule has 0 amide bonds. The quantitative estimate of drug-likeness (QED) is 0.229. The summed E-state index contributed by atoms with van der Waals surface area (Å²) in [5, 5.41) is 0. The summed E-state index contributed by atoms with van der Waals surface area (Å²) in [6.45, 7) is 12.8. The van der Waals surface area contributed by atoms with Gasteiger partial charge in [0.15, 0.2) is 0 Å². The van der Waals surface area contributed by atoms with E-state index in [0.717, 1.165) is 36.1 Å². The average Bonchev–Trinajstić information content (AvgIpc) is 3.01. The molecule has 1 aromatic heterocycles. The van der Waals surface area contributed by atoms with Gasteiger partial charge in [-0.2, -0.15) is 0 Å². The number of aryl methyl sites for hydroxylation is 1. The van der Waals surface area contributed by atoms with Crippen LogP contribution in [-0.2, 0) is 4.74 Å². The fraction of sp³-hybridized carbons (Fsp3) is 0.367. The van der Waals surface area contributed by atoms with E-state index in [1.807, 2.05) is 13.0 Å². The number of halogens is 2. The molecule has 1 aromatic carbocycles. The summed E-state index contributed by atoms with van der Waals surface area (Å²) in [5.41, 5.74) is 5.93. The van der Waals surface area contributed by atoms with Gasteiger partial charge in [-0.1, -0.05) is 50.3 Å². The van der Waals surface area contributed by atoms with Crippen LogP contribution >= 0.6 is 0 Å². The van der Waals surface area contributed by atoms with E-state index in [2.05, 4.69) is 37.3 Å². The molecule has 1 atom stereocenters. The van der Waals surface area contributed by atoms with Gasteiger partial charge in [-0.05, 0) is 62.8 Å². The minimum atomic E-state index is -2.35. The van der Waals surface area contributed by atoms with Gasteiger partial charge in [0.1, 0.15) is 12.4 Å². The maximum Gasteiger partial charge on any atom is 0.263 e. The van der Waals surface area contributed by atoms with E-state index in [0.29, 0.717) is 24.0 Å². The standard InChI is InChI=1S/C22H29N3O2.C8H8F2/c1-6-20-15(2)7-9-19(17(4)25-20)14-27-16(3)8-10-21(23-5)18-11-12-24-22(26)13-18;1-6-2-4-7(5-3-6)8(9)10/h8,10-13,15H,3,6-7,9,14H2,1-2,4-5H3,(H,24,26);2-5,8H,1H3/b10-8-,23-21?;. The van der Waals surface area contributed by atoms with Gasteiger partial charge in [-0.15, -0.1) is 0 Å². The molecule has 0 fully saturated rings. The zero-order valence-electron chi connectivity index (χ0n) is 22.4. The largest absolute Gasteiger partial charge is 0.490 e. The molecule has 0 radical (unpaired) electrons. The van der Waals surface area contributed by atoms with Crippen LogP contribution in [0.2, 0.25) is 0 Å². The number of aromatic amines is 1. The zero-order chi connectivity index (χ0) is 27.4. The Kier molecular flexibility index (Phi) is 11.9. The number of hydrogen-bond donors (Lipinski definition) is 1. The number of pyridine rings is 1. The lowest BCUT2D eigenvalue weighted by Gasteiger charge is -2.11. The first-order valence-electron chi connectivity index (χ1n) is 12.4. The molecule has 3 rings (SSSR count). The molecule has 0 saturated carbocycles. The first kappa shape index (κ1) is 29.6. The molecule has 2 aromatic rings. The van der Waals surface area contributed by atoms with Crippen molar-refractivity contribution in [2.45, 2.75) is 53.4 Å². The molecule has 37 heavy (non-hydrogen) atoms. The SMILES string of the molecule is C=C(/C=C\C(=NC)c1cc[nH]c(=O)c1)OCC1=C(C)N=C(CC)C(C)CC1.Cc1ccc(C(F)F)cc1. The summed E-state index contributed by atoms with van der Waals surface area (Å²) >= 11 is 0. The van der Waals surface area contributed by atoms with Crippen molar-refractivity contribution in [3.05, 3.63) is 105 Å². The number of rotatable bonds is 8. The van der Waals surface area contributed by atoms with Crippen LogP contribution < -0.4 is 5.56 Å². The van der Waals surface area contributed by atoms with E-state index in [1.165, 1.54) is 29.5 Å². The first-order chi connectivity index (χ1) is 17.6. The summed E-state index contributed by atoms with van der Waals surface area (Å²) in [7, 11) is 1.69. The lowest BCUT2D eigenvalue weighted by molar-refractivity contribution is 0.151. The predicted molar refractivity (Wildman–Crippen MR) is 149 cm³/mol. The molecule has 1 aliphatic rings. The van der Waals surface area contributed by atoms with E-state index in [-0.39, 0.29) is 11.1 Å². The number of H-pyrrole nitrogens is 1. The Morgan fingerprint density at radius 3 is 2.54 bits per heavy atom. The Bertz CT molecular complexity index is 1220. The molecule has 1 aliphatic heterocycles. The van der Waals surface area contributed by atoms with Crippen molar-refractivity contribution in [3.8, 4) is 0 Å². The van der Waals surface area contributed by atoms with E-state index >= 15 is 0 Å². The second kappa shape index (κ2) is 14.8. The van der Waals surface area contributed by atoms with Gasteiger partial charge >= 0.3 is 0 Å². The minimum Gasteiger partial charge on any atom is -0.490 e. The monoisotopic (exact) mass is 509 g/mol. The van der Waals surface area contributed by atoms with Crippen molar-refractivity contribution in [1.29, 1.82) is 0 Å². The second-order valence-corrected chi connectivity index (χ2v) is 8.94. The highest BCUT2D eigenvalue weighted by molar-refractivity contribution is 6.08. The lowest BCUT2D eigenvalue weighted by Crippen LogP contribution is -2.08. The van der Waals surface area contributed by atoms with Crippen LogP contribution in [0.5, 0.6) is 0 Å². The highest BCUT2D eigenvalue weighted by Crippen LogP contribution is 2.24. The van der Waals surface area contributed by atoms with Gasteiger partial charge < -0.3 is 9.72 Å². The third-order valence-electron chi connectivity index (χ3n) is 6.13. The molecule has 5 nitrogen and oxygen atoms in total. The van der Waals surface area contributed by atoms with Gasteiger partial charge in [0.25, 0.3) is 6.43 Å². The topological polar surface area (TPSA) is 66.8 Å². The molecule has 1 unspecified atom stereocenters. The summed E-state index contributed by atoms with van der Waals surface area (Å²) in [6.07, 6.45) is 5.92. The Hall–Kier alpha value is -3.61. The van der Waals surface area contributed by atoms with Crippen LogP contribution in [0.25, 0.3) is 0 Å². The molecule has 1 N–H and O–H groups in total. The fourth-order valence-electron chi connectivity index (χ4n) is 3.76. The predicted octanol–water partition coefficient (Wildman–Crippen LogP) is 7.37. The summed E-state index contributed by atoms with van der Waals surface area (Å²) in [6, 6.07) is 9.57. The van der Waals surface area contributed by atoms with Gasteiger partial charge in [-0.3, -0.25) is 14.8 Å². The average molecular weight is 510 g/mol. The highest BCUT2D eigenvalue weighted by atomic mass is 19.3. The second-order valence-electron chi connectivity index (χ2n) is 8.94. The Morgan fingerprint density at radius 1 is 1.24 bits per heavy atom. The van der Waals surface area contributed by atoms with Gasteiger partial charge in [0, 0.05) is 41.8 Å². The van der Waals surface area contributed by atoms with E-state index in [1.54, 1.807) is 37.5 Å². The van der Waals surface area contributed by atoms with Crippen LogP contribution in [0.1, 0.15) is 63.1 Å². The van der Waals surface area contributed by atoms with Crippen LogP contribution in [0.15, 0.2) is 93.1 Å². The normalized spacial score (nSPS) is 16.3. The molecule has 0 saturated heterocycles. The van der Waals surface area contributed by atoms with Gasteiger partial charge in [0.05, 0.1) is 5.71 Å². The maximum absolute atomic E-state index is 11.9. The number of nitrogens with one attached hydrogen (secondary N) is 1. The van der Waals surface area contributed by atoms with Crippen molar-refractivity contribution < 1.29 is 13.5 Å². The molecule has 0 aliphatic carbocycles. The van der Waals surface area contributed by atoms with Gasteiger partial charge in [0.2, 0.25) is 5.56 Å². The number of aliphatic imine (C=N–C) groups is 2. The highest BCUT2D eigenvalue weighted by Gasteiger charge is 2.16. The molecule has 198 valence electrons. The van der Waals surface area contributed by atoms with Crippen LogP contribution in [0.3, 0.4) is 0 Å². The zero-order valence-corrected chi connectivity index (χ0v) is 22.4. The summed E-state index contributed by atoms with van der Waals surface area (Å²) in [4.78, 5) is 23.1. The van der Waals surface area contributed by atoms with Crippen molar-refractivity contribution in [2.75, 3.05) is 13.7 Å². The number of aromatic nitrogens is 1. The molecule has 7 heteroatoms. The molecular formula is C30H37F2N3O2. The number of benzene rings is 1. The third-order valence-corrected chi connectivity index (χ3v) is 6.13. The first-order valence-corrected chi connectivity index (χ1v) is 12.4. The van der Waals surface area contributed by atoms with Crippen molar-refractivity contribution in [3.63, 3.8) is 0 Å². The molecule has 0 spiro atoms. The maximum atomic E-state index is 11.9. The Morgan fingerprint density at radius 2 is 1.95 bits per heavy atom. The van der Waals surface area contributed by atoms with Crippen molar-refractivity contribution in [2.24, 2.45) is 15.9 Å². The summed E-state index contributed by atoms with van der Waals surface area (Å²) < 4.78 is 29.6. The number of hydrogen-bond acceptors (Lipinski definition) is 4. The molecule has 2 heterocycles. The van der Waals surface area contributed by atoms with Crippen LogP contribution in [0.4, 0.5) is 8.78 Å². The number of alkyl halides is 2. The number of ether oxygens (including phenoxy) is 1. The van der Waals surface area contributed by atoms with Crippen molar-refractivity contribution in [1.82, 2.24) is 4.98 Å². The van der Waals surface area contributed by atoms with Crippen LogP contribution in [-0.4, -0.2) is 30.1 Å². The molecular weight excluding hydrogens is 472 g/mol. The van der Waals surface area contributed by atoms with Gasteiger partial charge in [-0.25, -0.2) is 8.78 Å². The minimum absolute atomic E-state index is 0.0885. The van der Waals surface area contributed by atoms with E-state index in [9.17, 15) is 13.6 Å². The van der Waals surface area contributed by atoms with E-state index in [4.69, 9.17) is 9.73 Å². The smallest absolute Gasteiger partial charge is 0.263 e. The van der Waals surface area contributed by atoms with E-state index < -0.39 is 6.43 Å². The summed E-state index contributed by atoms with van der Waals surface area (Å²) in [5.74, 6) is 1.07. The molecule has 0 bridgehead atoms. The van der Waals surface area contributed by atoms with Crippen molar-refractivity contribution >= 4 is 11.4 Å². The van der Waals surface area contributed by atoms with Crippen LogP contribution in [0, 0.1) is 12.8 Å². The third kappa shape index (κ3) is 9.75. The number of nitrogens with zero attached hydrogens (tertiary/aromatic N) is 2. The lowest BCUT2D eigenvalue weighted by atomic mass is 9.97. The Balaban J connectivity index is 0.000000402. The Labute approximate surface area is 218 Å². The fourth-order valence-corrected chi connectivity index (χ4v) is 3.76. The number of allylic oxidation sites excluding steroid dienone is 3.